The average Bonchev–Trinajstić information content (AvgIpc) is 1.69. The van der Waals surface area contributed by atoms with Gasteiger partial charge in [-0.3, -0.25) is 0 Å². The van der Waals surface area contributed by atoms with E-state index >= 15 is 0 Å². The molecule has 0 bridgehead atoms. The fourth-order valence-electron chi connectivity index (χ4n) is 0.305. The molecule has 1 rings (SSSR count). The largest absolute Gasteiger partial charge is 0.247 e. The predicted octanol–water partition coefficient (Wildman–Crippen LogP) is 1.13. The fraction of sp³-hybridized carbons (Fsp3) is 0.250. The smallest absolute Gasteiger partial charge is 0.0486 e. The van der Waals surface area contributed by atoms with Crippen LogP contribution in [0.2, 0.25) is 0 Å². The van der Waals surface area contributed by atoms with Gasteiger partial charge in [0.05, 0.1) is 0 Å². The van der Waals surface area contributed by atoms with Crippen molar-refractivity contribution in [2.24, 2.45) is 5.10 Å². The summed E-state index contributed by atoms with van der Waals surface area (Å²) in [5.74, 6) is 0. The number of allylic oxidation sites excluding steroid dienone is 2. The second-order valence-electron chi connectivity index (χ2n) is 1.25. The van der Waals surface area contributed by atoms with Crippen molar-refractivity contribution >= 4 is 18.2 Å². The van der Waals surface area contributed by atoms with Crippen LogP contribution in [0.15, 0.2) is 16.1 Å². The van der Waals surface area contributed by atoms with Gasteiger partial charge in [0.15, 0.2) is 0 Å². The van der Waals surface area contributed by atoms with Crippen LogP contribution < -0.4 is 4.83 Å². The third-order valence-corrected chi connectivity index (χ3v) is 1.30. The molecule has 0 saturated carbocycles. The minimum absolute atomic E-state index is 1.25. The molecule has 0 aliphatic carbocycles. The number of nitrogens with one attached hydrogen (secondary N) is 1. The number of hydrazone groups is 1. The van der Waals surface area contributed by atoms with Crippen LogP contribution >= 0.6 is 11.9 Å². The van der Waals surface area contributed by atoms with Gasteiger partial charge in [0, 0.05) is 11.1 Å². The van der Waals surface area contributed by atoms with Gasteiger partial charge in [-0.05, 0) is 24.9 Å². The van der Waals surface area contributed by atoms with Crippen LogP contribution in [-0.4, -0.2) is 6.21 Å². The first-order valence-corrected chi connectivity index (χ1v) is 2.83. The maximum absolute atomic E-state index is 3.74. The molecule has 1 heterocycles. The summed E-state index contributed by atoms with van der Waals surface area (Å²) in [5.41, 5.74) is 0. The first kappa shape index (κ1) is 4.71. The number of nitrogens with zero attached hydrogens (tertiary/aromatic N) is 1. The third-order valence-electron chi connectivity index (χ3n) is 0.643. The molecule has 0 fully saturated rings. The Morgan fingerprint density at radius 1 is 1.86 bits per heavy atom. The predicted molar refractivity (Wildman–Crippen MR) is 33.0 cm³/mol. The van der Waals surface area contributed by atoms with Crippen molar-refractivity contribution in [2.75, 3.05) is 0 Å². The van der Waals surface area contributed by atoms with Crippen LogP contribution in [0.25, 0.3) is 0 Å². The van der Waals surface area contributed by atoms with Crippen molar-refractivity contribution in [3.63, 3.8) is 0 Å². The van der Waals surface area contributed by atoms with Gasteiger partial charge in [0.1, 0.15) is 0 Å². The Bertz CT molecular complexity index is 117. The number of hydrogen-bond acceptors (Lipinski definition) is 3. The number of hydrogen-bond donors (Lipinski definition) is 1. The standard InChI is InChI=1S/C4H6N2S/c1-4-2-3-5-6-7-4/h2-3,6H,1H3. The lowest BCUT2D eigenvalue weighted by molar-refractivity contribution is 1.12. The van der Waals surface area contributed by atoms with Gasteiger partial charge in [0.25, 0.3) is 0 Å². The molecular weight excluding hydrogens is 108 g/mol. The molecule has 0 aromatic heterocycles. The Kier molecular flexibility index (Phi) is 1.36. The van der Waals surface area contributed by atoms with Gasteiger partial charge in [-0.15, -0.1) is 0 Å². The highest BCUT2D eigenvalue weighted by atomic mass is 32.2. The highest BCUT2D eigenvalue weighted by Gasteiger charge is 1.88. The van der Waals surface area contributed by atoms with E-state index in [9.17, 15) is 0 Å². The lowest BCUT2D eigenvalue weighted by Crippen LogP contribution is -1.95. The topological polar surface area (TPSA) is 24.4 Å². The maximum atomic E-state index is 3.74. The molecule has 0 aromatic carbocycles. The quantitative estimate of drug-likeness (QED) is 0.477. The van der Waals surface area contributed by atoms with Crippen molar-refractivity contribution in [2.45, 2.75) is 6.92 Å². The van der Waals surface area contributed by atoms with Gasteiger partial charge < -0.3 is 0 Å². The molecule has 0 unspecified atom stereocenters. The Balaban J connectivity index is 2.57. The average molecular weight is 114 g/mol. The Morgan fingerprint density at radius 2 is 2.71 bits per heavy atom. The van der Waals surface area contributed by atoms with E-state index in [0.717, 1.165) is 0 Å². The molecule has 1 aliphatic heterocycles. The molecule has 0 amide bonds. The molecule has 3 heteroatoms. The lowest BCUT2D eigenvalue weighted by atomic mass is 10.6. The molecule has 0 aromatic rings. The van der Waals surface area contributed by atoms with E-state index in [2.05, 4.69) is 9.93 Å². The minimum Gasteiger partial charge on any atom is -0.247 e. The minimum atomic E-state index is 1.25. The molecule has 1 aliphatic rings. The first-order chi connectivity index (χ1) is 3.39. The van der Waals surface area contributed by atoms with Crippen molar-refractivity contribution in [3.05, 3.63) is 11.0 Å². The Morgan fingerprint density at radius 3 is 3.00 bits per heavy atom. The summed E-state index contributed by atoms with van der Waals surface area (Å²) >= 11 is 1.53. The Hall–Kier alpha value is -0.440. The highest BCUT2D eigenvalue weighted by Crippen LogP contribution is 2.10. The summed E-state index contributed by atoms with van der Waals surface area (Å²) in [6, 6.07) is 0. The zero-order valence-electron chi connectivity index (χ0n) is 4.01. The van der Waals surface area contributed by atoms with Crippen molar-refractivity contribution in [1.29, 1.82) is 0 Å². The van der Waals surface area contributed by atoms with E-state index in [1.54, 1.807) is 6.21 Å². The molecule has 0 spiro atoms. The highest BCUT2D eigenvalue weighted by molar-refractivity contribution is 8.01. The van der Waals surface area contributed by atoms with Gasteiger partial charge in [-0.2, -0.15) is 5.10 Å². The van der Waals surface area contributed by atoms with E-state index in [1.165, 1.54) is 16.9 Å². The molecule has 1 N–H and O–H groups in total. The monoisotopic (exact) mass is 114 g/mol. The Labute approximate surface area is 46.8 Å². The summed E-state index contributed by atoms with van der Waals surface area (Å²) in [6.45, 7) is 2.03. The number of rotatable bonds is 0. The van der Waals surface area contributed by atoms with E-state index in [-0.39, 0.29) is 0 Å². The van der Waals surface area contributed by atoms with Crippen LogP contribution in [0, 0.1) is 0 Å². The molecule has 0 saturated heterocycles. The van der Waals surface area contributed by atoms with Crippen molar-refractivity contribution < 1.29 is 0 Å². The van der Waals surface area contributed by atoms with Gasteiger partial charge in [-0.1, -0.05) is 0 Å². The van der Waals surface area contributed by atoms with Gasteiger partial charge >= 0.3 is 0 Å². The van der Waals surface area contributed by atoms with E-state index in [4.69, 9.17) is 0 Å². The second-order valence-corrected chi connectivity index (χ2v) is 2.28. The van der Waals surface area contributed by atoms with Crippen LogP contribution in [0.4, 0.5) is 0 Å². The van der Waals surface area contributed by atoms with Crippen LogP contribution in [0.1, 0.15) is 6.92 Å². The summed E-state index contributed by atoms with van der Waals surface area (Å²) in [6.07, 6.45) is 3.70. The lowest BCUT2D eigenvalue weighted by Gasteiger charge is -2.00. The summed E-state index contributed by atoms with van der Waals surface area (Å²) < 4.78 is 0. The summed E-state index contributed by atoms with van der Waals surface area (Å²) in [7, 11) is 0. The van der Waals surface area contributed by atoms with Crippen LogP contribution in [0.3, 0.4) is 0 Å². The van der Waals surface area contributed by atoms with E-state index in [1.807, 2.05) is 13.0 Å². The third kappa shape index (κ3) is 1.23. The normalized spacial score (nSPS) is 18.1. The summed E-state index contributed by atoms with van der Waals surface area (Å²) in [5, 5.41) is 3.74. The fourth-order valence-corrected chi connectivity index (χ4v) is 0.691. The molecule has 38 valence electrons. The van der Waals surface area contributed by atoms with Crippen molar-refractivity contribution in [1.82, 2.24) is 4.83 Å². The van der Waals surface area contributed by atoms with Gasteiger partial charge in [0.2, 0.25) is 0 Å². The molecule has 0 radical (unpaired) electrons. The second kappa shape index (κ2) is 2.02. The molecule has 0 atom stereocenters. The summed E-state index contributed by atoms with van der Waals surface area (Å²) in [4.78, 5) is 4.00. The molecular formula is C4H6N2S. The van der Waals surface area contributed by atoms with Crippen LogP contribution in [-0.2, 0) is 0 Å². The first-order valence-electron chi connectivity index (χ1n) is 2.01. The zero-order chi connectivity index (χ0) is 5.11. The van der Waals surface area contributed by atoms with E-state index in [0.29, 0.717) is 0 Å². The molecule has 2 nitrogen and oxygen atoms in total. The SMILES string of the molecule is CC1=CC=NNS1. The molecule has 7 heavy (non-hydrogen) atoms. The zero-order valence-corrected chi connectivity index (χ0v) is 4.83. The van der Waals surface area contributed by atoms with Crippen molar-refractivity contribution in [3.8, 4) is 0 Å². The van der Waals surface area contributed by atoms with Crippen LogP contribution in [0.5, 0.6) is 0 Å². The van der Waals surface area contributed by atoms with Gasteiger partial charge in [-0.25, -0.2) is 4.83 Å². The van der Waals surface area contributed by atoms with E-state index < -0.39 is 0 Å². The maximum Gasteiger partial charge on any atom is 0.0486 e.